The van der Waals surface area contributed by atoms with Crippen LogP contribution in [0.25, 0.3) is 11.5 Å². The van der Waals surface area contributed by atoms with Crippen molar-refractivity contribution in [1.82, 2.24) is 14.8 Å². The zero-order chi connectivity index (χ0) is 24.3. The smallest absolute Gasteiger partial charge is 0.271 e. The highest BCUT2D eigenvalue weighted by Gasteiger charge is 2.48. The highest BCUT2D eigenvalue weighted by Crippen LogP contribution is 2.34. The predicted octanol–water partition coefficient (Wildman–Crippen LogP) is 5.43. The van der Waals surface area contributed by atoms with Gasteiger partial charge in [0.1, 0.15) is 17.0 Å². The van der Waals surface area contributed by atoms with Crippen LogP contribution in [0, 0.1) is 0 Å². The number of rotatable bonds is 6. The molecule has 1 fully saturated rings. The largest absolute Gasteiger partial charge is 0.463 e. The normalized spacial score (nSPS) is 21.3. The Kier molecular flexibility index (Phi) is 6.80. The van der Waals surface area contributed by atoms with E-state index >= 15 is 0 Å². The van der Waals surface area contributed by atoms with Crippen LogP contribution in [0.4, 0.5) is 0 Å². The van der Waals surface area contributed by atoms with E-state index in [9.17, 15) is 9.59 Å². The van der Waals surface area contributed by atoms with Crippen LogP contribution in [-0.4, -0.2) is 39.4 Å². The molecular formula is C29H35N3O3. The maximum Gasteiger partial charge on any atom is 0.271 e. The summed E-state index contributed by atoms with van der Waals surface area (Å²) >= 11 is 0. The first-order valence-electron chi connectivity index (χ1n) is 13.0. The molecule has 2 aliphatic rings. The number of carbonyl (C=O) groups is 2. The Morgan fingerprint density at radius 1 is 0.971 bits per heavy atom. The van der Waals surface area contributed by atoms with Crippen molar-refractivity contribution >= 4 is 11.8 Å². The summed E-state index contributed by atoms with van der Waals surface area (Å²) in [5, 5.41) is 3.35. The van der Waals surface area contributed by atoms with Crippen molar-refractivity contribution in [1.29, 1.82) is 0 Å². The molecular weight excluding hydrogens is 438 g/mol. The maximum absolute atomic E-state index is 13.9. The summed E-state index contributed by atoms with van der Waals surface area (Å²) in [7, 11) is 0. The van der Waals surface area contributed by atoms with Crippen LogP contribution in [0.15, 0.2) is 65.3 Å². The molecule has 6 heteroatoms. The van der Waals surface area contributed by atoms with E-state index in [4.69, 9.17) is 4.42 Å². The van der Waals surface area contributed by atoms with Crippen LogP contribution in [0.2, 0.25) is 0 Å². The fraction of sp³-hybridized carbons (Fsp3) is 0.448. The Morgan fingerprint density at radius 3 is 2.40 bits per heavy atom. The van der Waals surface area contributed by atoms with Crippen LogP contribution in [0.5, 0.6) is 0 Å². The number of aromatic nitrogens is 1. The molecule has 5 rings (SSSR count). The molecule has 0 spiro atoms. The standard InChI is InChI=1S/C29H35N3O3/c1-29(28(34)30-23-13-8-3-2-4-9-14-23)21-31-24(26-15-10-20-35-26)16-17-25(31)27(33)32(29)19-18-22-11-6-5-7-12-22/h5-7,10-12,15-17,20,23H,2-4,8-9,13-14,18-19,21H2,1H3,(H,30,34). The summed E-state index contributed by atoms with van der Waals surface area (Å²) in [5.74, 6) is 0.527. The summed E-state index contributed by atoms with van der Waals surface area (Å²) in [6.07, 6.45) is 10.4. The van der Waals surface area contributed by atoms with Gasteiger partial charge in [-0.05, 0) is 56.0 Å². The van der Waals surface area contributed by atoms with E-state index in [0.717, 1.165) is 36.9 Å². The third kappa shape index (κ3) is 4.79. The van der Waals surface area contributed by atoms with Gasteiger partial charge in [-0.2, -0.15) is 0 Å². The minimum atomic E-state index is -0.998. The van der Waals surface area contributed by atoms with E-state index in [-0.39, 0.29) is 17.9 Å². The fourth-order valence-corrected chi connectivity index (χ4v) is 5.59. The molecule has 1 unspecified atom stereocenters. The van der Waals surface area contributed by atoms with Gasteiger partial charge in [0.15, 0.2) is 0 Å². The molecule has 6 nitrogen and oxygen atoms in total. The monoisotopic (exact) mass is 473 g/mol. The third-order valence-electron chi connectivity index (χ3n) is 7.68. The summed E-state index contributed by atoms with van der Waals surface area (Å²) in [6, 6.07) is 17.8. The number of hydrogen-bond acceptors (Lipinski definition) is 3. The van der Waals surface area contributed by atoms with E-state index in [1.165, 1.54) is 19.3 Å². The molecule has 1 saturated carbocycles. The molecule has 0 radical (unpaired) electrons. The van der Waals surface area contributed by atoms with Crippen LogP contribution in [-0.2, 0) is 17.8 Å². The molecule has 1 aliphatic carbocycles. The molecule has 1 atom stereocenters. The lowest BCUT2D eigenvalue weighted by atomic mass is 9.91. The van der Waals surface area contributed by atoms with Gasteiger partial charge >= 0.3 is 0 Å². The zero-order valence-electron chi connectivity index (χ0n) is 20.5. The summed E-state index contributed by atoms with van der Waals surface area (Å²) in [5.41, 5.74) is 1.58. The lowest BCUT2D eigenvalue weighted by Gasteiger charge is -2.45. The van der Waals surface area contributed by atoms with Crippen molar-refractivity contribution in [2.24, 2.45) is 0 Å². The second-order valence-electron chi connectivity index (χ2n) is 10.1. The third-order valence-corrected chi connectivity index (χ3v) is 7.68. The Balaban J connectivity index is 1.45. The number of furan rings is 1. The number of amides is 2. The van der Waals surface area contributed by atoms with Gasteiger partial charge in [0.2, 0.25) is 5.91 Å². The van der Waals surface area contributed by atoms with Gasteiger partial charge < -0.3 is 19.2 Å². The van der Waals surface area contributed by atoms with Crippen molar-refractivity contribution < 1.29 is 14.0 Å². The maximum atomic E-state index is 13.9. The molecule has 1 aromatic carbocycles. The SMILES string of the molecule is CC1(C(=O)NC2CCCCCCC2)Cn2c(ccc2-c2ccco2)C(=O)N1CCc1ccccc1. The van der Waals surface area contributed by atoms with E-state index in [1.54, 1.807) is 11.2 Å². The zero-order valence-corrected chi connectivity index (χ0v) is 20.5. The van der Waals surface area contributed by atoms with Gasteiger partial charge in [-0.1, -0.05) is 62.4 Å². The van der Waals surface area contributed by atoms with Crippen LogP contribution >= 0.6 is 0 Å². The summed E-state index contributed by atoms with van der Waals surface area (Å²) in [4.78, 5) is 29.6. The lowest BCUT2D eigenvalue weighted by molar-refractivity contribution is -0.133. The number of carbonyl (C=O) groups excluding carboxylic acids is 2. The topological polar surface area (TPSA) is 67.5 Å². The molecule has 35 heavy (non-hydrogen) atoms. The number of benzene rings is 1. The minimum Gasteiger partial charge on any atom is -0.463 e. The first-order valence-corrected chi connectivity index (χ1v) is 13.0. The molecule has 3 aromatic rings. The first kappa shape index (κ1) is 23.5. The van der Waals surface area contributed by atoms with Gasteiger partial charge in [0.25, 0.3) is 5.91 Å². The van der Waals surface area contributed by atoms with E-state index in [0.29, 0.717) is 31.0 Å². The Morgan fingerprint density at radius 2 is 1.69 bits per heavy atom. The Labute approximate surface area is 207 Å². The minimum absolute atomic E-state index is 0.0609. The van der Waals surface area contributed by atoms with Gasteiger partial charge in [0.05, 0.1) is 18.5 Å². The molecule has 0 bridgehead atoms. The van der Waals surface area contributed by atoms with Crippen molar-refractivity contribution in [2.45, 2.75) is 76.4 Å². The average molecular weight is 474 g/mol. The average Bonchev–Trinajstić information content (AvgIpc) is 3.51. The Bertz CT molecular complexity index is 1140. The highest BCUT2D eigenvalue weighted by atomic mass is 16.3. The van der Waals surface area contributed by atoms with Gasteiger partial charge in [-0.15, -0.1) is 0 Å². The lowest BCUT2D eigenvalue weighted by Crippen LogP contribution is -2.65. The van der Waals surface area contributed by atoms with Crippen LogP contribution in [0.1, 0.15) is 67.9 Å². The second-order valence-corrected chi connectivity index (χ2v) is 10.1. The van der Waals surface area contributed by atoms with Gasteiger partial charge in [0, 0.05) is 12.6 Å². The summed E-state index contributed by atoms with van der Waals surface area (Å²) in [6.45, 7) is 2.80. The predicted molar refractivity (Wildman–Crippen MR) is 136 cm³/mol. The molecule has 3 heterocycles. The van der Waals surface area contributed by atoms with Crippen LogP contribution < -0.4 is 5.32 Å². The van der Waals surface area contributed by atoms with E-state index in [2.05, 4.69) is 17.4 Å². The number of nitrogens with zero attached hydrogens (tertiary/aromatic N) is 2. The van der Waals surface area contributed by atoms with E-state index < -0.39 is 5.54 Å². The molecule has 1 aliphatic heterocycles. The molecule has 2 amide bonds. The fourth-order valence-electron chi connectivity index (χ4n) is 5.59. The first-order chi connectivity index (χ1) is 17.1. The molecule has 0 saturated heterocycles. The van der Waals surface area contributed by atoms with Gasteiger partial charge in [-0.3, -0.25) is 9.59 Å². The number of hydrogen-bond donors (Lipinski definition) is 1. The number of fused-ring (bicyclic) bond motifs is 1. The highest BCUT2D eigenvalue weighted by molar-refractivity contribution is 6.00. The van der Waals surface area contributed by atoms with E-state index in [1.807, 2.05) is 54.0 Å². The Hall–Kier alpha value is -3.28. The van der Waals surface area contributed by atoms with Crippen LogP contribution in [0.3, 0.4) is 0 Å². The molecule has 1 N–H and O–H groups in total. The van der Waals surface area contributed by atoms with Crippen molar-refractivity contribution in [3.8, 4) is 11.5 Å². The second kappa shape index (κ2) is 10.1. The quantitative estimate of drug-likeness (QED) is 0.519. The van der Waals surface area contributed by atoms with Crippen molar-refractivity contribution in [3.05, 3.63) is 72.1 Å². The molecule has 184 valence electrons. The van der Waals surface area contributed by atoms with Gasteiger partial charge in [-0.25, -0.2) is 0 Å². The summed E-state index contributed by atoms with van der Waals surface area (Å²) < 4.78 is 7.60. The van der Waals surface area contributed by atoms with Crippen molar-refractivity contribution in [2.75, 3.05) is 6.54 Å². The molecule has 2 aromatic heterocycles. The number of nitrogens with one attached hydrogen (secondary N) is 1. The van der Waals surface area contributed by atoms with Crippen molar-refractivity contribution in [3.63, 3.8) is 0 Å².